The molecule has 0 atom stereocenters. The van der Waals surface area contributed by atoms with Crippen LogP contribution in [-0.2, 0) is 11.2 Å². The van der Waals surface area contributed by atoms with Crippen molar-refractivity contribution >= 4 is 57.2 Å². The van der Waals surface area contributed by atoms with Gasteiger partial charge in [0.25, 0.3) is 0 Å². The van der Waals surface area contributed by atoms with Gasteiger partial charge < -0.3 is 15.0 Å². The summed E-state index contributed by atoms with van der Waals surface area (Å²) in [7, 11) is 1.86. The van der Waals surface area contributed by atoms with Crippen LogP contribution in [0, 0.1) is 0 Å². The van der Waals surface area contributed by atoms with Crippen LogP contribution in [0.15, 0.2) is 20.9 Å². The van der Waals surface area contributed by atoms with E-state index in [-0.39, 0.29) is 24.0 Å². The minimum atomic E-state index is 0. The van der Waals surface area contributed by atoms with E-state index >= 15 is 0 Å². The van der Waals surface area contributed by atoms with Gasteiger partial charge in [-0.05, 0) is 54.2 Å². The Hall–Kier alpha value is 0.140. The van der Waals surface area contributed by atoms with Gasteiger partial charge in [0.15, 0.2) is 5.96 Å². The van der Waals surface area contributed by atoms with Crippen LogP contribution in [-0.4, -0.2) is 50.3 Å². The third-order valence-corrected chi connectivity index (χ3v) is 5.32. The Kier molecular flexibility index (Phi) is 9.94. The number of nitrogens with one attached hydrogen (secondary N) is 1. The number of rotatable bonds is 5. The summed E-state index contributed by atoms with van der Waals surface area (Å²) < 4.78 is 6.89. The van der Waals surface area contributed by atoms with Crippen molar-refractivity contribution in [3.63, 3.8) is 0 Å². The lowest BCUT2D eigenvalue weighted by molar-refractivity contribution is 0.0264. The van der Waals surface area contributed by atoms with Gasteiger partial charge in [-0.3, -0.25) is 4.99 Å². The largest absolute Gasteiger partial charge is 0.378 e. The Morgan fingerprint density at radius 1 is 1.45 bits per heavy atom. The maximum absolute atomic E-state index is 5.70. The number of thiophene rings is 1. The molecule has 1 aromatic heterocycles. The normalized spacial score (nSPS) is 16.5. The quantitative estimate of drug-likeness (QED) is 0.379. The van der Waals surface area contributed by atoms with Gasteiger partial charge >= 0.3 is 0 Å². The molecule has 126 valence electrons. The molecular formula is C15H25BrIN3OS. The molecule has 0 aliphatic carbocycles. The molecule has 0 aromatic carbocycles. The lowest BCUT2D eigenvalue weighted by Crippen LogP contribution is -2.47. The smallest absolute Gasteiger partial charge is 0.193 e. The molecule has 0 spiro atoms. The van der Waals surface area contributed by atoms with Gasteiger partial charge in [-0.15, -0.1) is 35.3 Å². The average molecular weight is 502 g/mol. The van der Waals surface area contributed by atoms with E-state index in [1.165, 1.54) is 8.66 Å². The minimum absolute atomic E-state index is 0. The Morgan fingerprint density at radius 3 is 2.73 bits per heavy atom. The van der Waals surface area contributed by atoms with E-state index in [0.717, 1.165) is 51.5 Å². The van der Waals surface area contributed by atoms with Crippen molar-refractivity contribution in [3.8, 4) is 0 Å². The first kappa shape index (κ1) is 20.2. The van der Waals surface area contributed by atoms with E-state index in [9.17, 15) is 0 Å². The van der Waals surface area contributed by atoms with Gasteiger partial charge in [-0.1, -0.05) is 0 Å². The average Bonchev–Trinajstić information content (AvgIpc) is 2.91. The van der Waals surface area contributed by atoms with Crippen molar-refractivity contribution in [2.45, 2.75) is 32.3 Å². The lowest BCUT2D eigenvalue weighted by Gasteiger charge is -2.34. The molecule has 0 unspecified atom stereocenters. The summed E-state index contributed by atoms with van der Waals surface area (Å²) >= 11 is 5.30. The molecule has 7 heteroatoms. The number of likely N-dealkylation sites (tertiary alicyclic amines) is 1. The number of guanidine groups is 1. The van der Waals surface area contributed by atoms with Gasteiger partial charge in [-0.2, -0.15) is 0 Å². The summed E-state index contributed by atoms with van der Waals surface area (Å²) in [6, 6.07) is 4.28. The van der Waals surface area contributed by atoms with Crippen molar-refractivity contribution in [1.29, 1.82) is 0 Å². The molecule has 1 aliphatic rings. The second-order valence-electron chi connectivity index (χ2n) is 5.07. The predicted octanol–water partition coefficient (Wildman–Crippen LogP) is 3.75. The van der Waals surface area contributed by atoms with Crippen LogP contribution in [0.5, 0.6) is 0 Å². The maximum atomic E-state index is 5.70. The van der Waals surface area contributed by atoms with Crippen LogP contribution in [0.3, 0.4) is 0 Å². The number of hydrogen-bond donors (Lipinski definition) is 1. The zero-order chi connectivity index (χ0) is 15.1. The molecule has 1 saturated heterocycles. The number of halogens is 2. The standard InChI is InChI=1S/C15H24BrN3OS.HI/c1-3-20-12-7-10-19(11-8-12)15(17-2)18-9-6-13-4-5-14(16)21-13;/h4-5,12H,3,6-11H2,1-2H3,(H,17,18);1H. The fourth-order valence-corrected chi connectivity index (χ4v) is 4.07. The van der Waals surface area contributed by atoms with E-state index in [1.807, 2.05) is 7.05 Å². The van der Waals surface area contributed by atoms with E-state index in [2.05, 4.69) is 50.2 Å². The van der Waals surface area contributed by atoms with Gasteiger partial charge in [0.05, 0.1) is 9.89 Å². The van der Waals surface area contributed by atoms with Crippen molar-refractivity contribution in [1.82, 2.24) is 10.2 Å². The summed E-state index contributed by atoms with van der Waals surface area (Å²) in [5.41, 5.74) is 0. The summed E-state index contributed by atoms with van der Waals surface area (Å²) in [6.07, 6.45) is 3.64. The van der Waals surface area contributed by atoms with Gasteiger partial charge in [0, 0.05) is 38.2 Å². The van der Waals surface area contributed by atoms with Crippen molar-refractivity contribution in [2.24, 2.45) is 4.99 Å². The van der Waals surface area contributed by atoms with Crippen LogP contribution in [0.1, 0.15) is 24.6 Å². The van der Waals surface area contributed by atoms with Crippen LogP contribution < -0.4 is 5.32 Å². The number of hydrogen-bond acceptors (Lipinski definition) is 3. The van der Waals surface area contributed by atoms with E-state index in [0.29, 0.717) is 6.10 Å². The SMILES string of the molecule is CCOC1CCN(C(=NC)NCCc2ccc(Br)s2)CC1.I. The fourth-order valence-electron chi connectivity index (χ4n) is 2.59. The molecule has 1 N–H and O–H groups in total. The third kappa shape index (κ3) is 6.33. The van der Waals surface area contributed by atoms with Crippen LogP contribution >= 0.6 is 51.2 Å². The summed E-state index contributed by atoms with van der Waals surface area (Å²) in [6.45, 7) is 5.85. The summed E-state index contributed by atoms with van der Waals surface area (Å²) in [5.74, 6) is 1.01. The molecule has 1 aliphatic heterocycles. The molecule has 1 fully saturated rings. The fraction of sp³-hybridized carbons (Fsp3) is 0.667. The molecule has 2 heterocycles. The zero-order valence-corrected chi connectivity index (χ0v) is 17.9. The molecule has 22 heavy (non-hydrogen) atoms. The van der Waals surface area contributed by atoms with Crippen molar-refractivity contribution < 1.29 is 4.74 Å². The van der Waals surface area contributed by atoms with E-state index in [4.69, 9.17) is 4.74 Å². The van der Waals surface area contributed by atoms with E-state index < -0.39 is 0 Å². The molecule has 2 rings (SSSR count). The molecule has 0 amide bonds. The highest BCUT2D eigenvalue weighted by molar-refractivity contribution is 14.0. The molecular weight excluding hydrogens is 477 g/mol. The van der Waals surface area contributed by atoms with Gasteiger partial charge in [0.1, 0.15) is 0 Å². The van der Waals surface area contributed by atoms with Crippen molar-refractivity contribution in [3.05, 3.63) is 20.8 Å². The summed E-state index contributed by atoms with van der Waals surface area (Å²) in [5, 5.41) is 3.47. The molecule has 0 bridgehead atoms. The number of ether oxygens (including phenoxy) is 1. The Morgan fingerprint density at radius 2 is 2.18 bits per heavy atom. The second-order valence-corrected chi connectivity index (χ2v) is 7.62. The van der Waals surface area contributed by atoms with Crippen molar-refractivity contribution in [2.75, 3.05) is 33.3 Å². The van der Waals surface area contributed by atoms with Crippen LogP contribution in [0.4, 0.5) is 0 Å². The molecule has 4 nitrogen and oxygen atoms in total. The van der Waals surface area contributed by atoms with E-state index in [1.54, 1.807) is 11.3 Å². The highest BCUT2D eigenvalue weighted by Gasteiger charge is 2.21. The lowest BCUT2D eigenvalue weighted by atomic mass is 10.1. The zero-order valence-electron chi connectivity index (χ0n) is 13.2. The van der Waals surface area contributed by atoms with Crippen LogP contribution in [0.25, 0.3) is 0 Å². The highest BCUT2D eigenvalue weighted by Crippen LogP contribution is 2.22. The summed E-state index contributed by atoms with van der Waals surface area (Å²) in [4.78, 5) is 8.13. The Bertz CT molecular complexity index is 461. The number of nitrogens with zero attached hydrogens (tertiary/aromatic N) is 2. The van der Waals surface area contributed by atoms with Crippen LogP contribution in [0.2, 0.25) is 0 Å². The molecule has 1 aromatic rings. The highest BCUT2D eigenvalue weighted by atomic mass is 127. The second kappa shape index (κ2) is 10.8. The Balaban J connectivity index is 0.00000242. The third-order valence-electron chi connectivity index (χ3n) is 3.64. The predicted molar refractivity (Wildman–Crippen MR) is 109 cm³/mol. The molecule has 0 radical (unpaired) electrons. The number of aliphatic imine (C=N–C) groups is 1. The van der Waals surface area contributed by atoms with Gasteiger partial charge in [0.2, 0.25) is 0 Å². The minimum Gasteiger partial charge on any atom is -0.378 e. The first-order valence-corrected chi connectivity index (χ1v) is 9.15. The number of piperidine rings is 1. The molecule has 0 saturated carbocycles. The maximum Gasteiger partial charge on any atom is 0.193 e. The monoisotopic (exact) mass is 501 g/mol. The Labute approximate surface area is 162 Å². The topological polar surface area (TPSA) is 36.9 Å². The van der Waals surface area contributed by atoms with Gasteiger partial charge in [-0.25, -0.2) is 0 Å². The first-order valence-electron chi connectivity index (χ1n) is 7.54. The first-order chi connectivity index (χ1) is 10.2.